The van der Waals surface area contributed by atoms with E-state index in [0.717, 1.165) is 6.42 Å². The predicted molar refractivity (Wildman–Crippen MR) is 137 cm³/mol. The van der Waals surface area contributed by atoms with E-state index in [1.807, 2.05) is 9.80 Å². The van der Waals surface area contributed by atoms with Gasteiger partial charge in [0.15, 0.2) is 5.78 Å². The zero-order chi connectivity index (χ0) is 24.9. The number of hydrogen-bond acceptors (Lipinski definition) is 4. The zero-order valence-corrected chi connectivity index (χ0v) is 21.4. The molecular formula is C26H31Cl2N3O3. The van der Waals surface area contributed by atoms with Gasteiger partial charge in [0.25, 0.3) is 0 Å². The Kier molecular flexibility index (Phi) is 8.74. The van der Waals surface area contributed by atoms with Crippen molar-refractivity contribution in [3.63, 3.8) is 0 Å². The Hall–Kier alpha value is -2.41. The number of nitrogens with one attached hydrogen (secondary N) is 1. The highest BCUT2D eigenvalue weighted by Gasteiger charge is 2.24. The second kappa shape index (κ2) is 11.3. The lowest BCUT2D eigenvalue weighted by Gasteiger charge is -2.34. The number of carbonyl (C=O) groups excluding carboxylic acids is 3. The van der Waals surface area contributed by atoms with Crippen LogP contribution in [0.1, 0.15) is 49.5 Å². The standard InChI is InChI=1S/C26H31Cl2N3O3/c1-26(2,3)11-10-24(33)31-14-12-30(13-15-31)17-23(32)29-22-9-8-18(27)16-20(22)25(34)19-6-4-5-7-21(19)28/h4-9,16H,10-15,17H2,1-3H3,(H,29,32). The zero-order valence-electron chi connectivity index (χ0n) is 19.9. The summed E-state index contributed by atoms with van der Waals surface area (Å²) in [6, 6.07) is 11.5. The van der Waals surface area contributed by atoms with Crippen LogP contribution in [0.3, 0.4) is 0 Å². The molecule has 6 nitrogen and oxygen atoms in total. The fourth-order valence-corrected chi connectivity index (χ4v) is 4.19. The van der Waals surface area contributed by atoms with Crippen LogP contribution >= 0.6 is 23.2 Å². The largest absolute Gasteiger partial charge is 0.340 e. The van der Waals surface area contributed by atoms with Crippen LogP contribution in [0, 0.1) is 5.41 Å². The molecule has 0 atom stereocenters. The van der Waals surface area contributed by atoms with Crippen LogP contribution in [0.15, 0.2) is 42.5 Å². The molecule has 8 heteroatoms. The maximum absolute atomic E-state index is 13.1. The first-order valence-corrected chi connectivity index (χ1v) is 12.2. The Bertz CT molecular complexity index is 1060. The van der Waals surface area contributed by atoms with Crippen molar-refractivity contribution in [2.24, 2.45) is 5.41 Å². The monoisotopic (exact) mass is 503 g/mol. The van der Waals surface area contributed by atoms with Crippen LogP contribution in [0.2, 0.25) is 10.0 Å². The molecule has 1 heterocycles. The minimum absolute atomic E-state index is 0.128. The summed E-state index contributed by atoms with van der Waals surface area (Å²) in [7, 11) is 0. The van der Waals surface area contributed by atoms with Gasteiger partial charge in [0.2, 0.25) is 11.8 Å². The lowest BCUT2D eigenvalue weighted by atomic mass is 9.90. The van der Waals surface area contributed by atoms with Gasteiger partial charge in [-0.05, 0) is 42.2 Å². The third kappa shape index (κ3) is 7.29. The third-order valence-electron chi connectivity index (χ3n) is 5.80. The first-order valence-electron chi connectivity index (χ1n) is 11.4. The van der Waals surface area contributed by atoms with E-state index in [0.29, 0.717) is 53.9 Å². The van der Waals surface area contributed by atoms with Crippen LogP contribution in [0.4, 0.5) is 5.69 Å². The summed E-state index contributed by atoms with van der Waals surface area (Å²) in [4.78, 5) is 42.2. The lowest BCUT2D eigenvalue weighted by Crippen LogP contribution is -2.50. The first-order chi connectivity index (χ1) is 16.0. The molecule has 182 valence electrons. The van der Waals surface area contributed by atoms with Gasteiger partial charge in [-0.2, -0.15) is 0 Å². The minimum atomic E-state index is -0.314. The molecule has 1 aliphatic rings. The van der Waals surface area contributed by atoms with Gasteiger partial charge in [0, 0.05) is 48.7 Å². The van der Waals surface area contributed by atoms with Crippen LogP contribution in [-0.2, 0) is 9.59 Å². The molecule has 34 heavy (non-hydrogen) atoms. The maximum atomic E-state index is 13.1. The van der Waals surface area contributed by atoms with Gasteiger partial charge in [0.05, 0.1) is 17.3 Å². The Morgan fingerprint density at radius 1 is 0.941 bits per heavy atom. The summed E-state index contributed by atoms with van der Waals surface area (Å²) in [6.45, 7) is 9.02. The number of benzene rings is 2. The van der Waals surface area contributed by atoms with E-state index in [1.54, 1.807) is 36.4 Å². The highest BCUT2D eigenvalue weighted by atomic mass is 35.5. The molecule has 0 bridgehead atoms. The first kappa shape index (κ1) is 26.2. The SMILES string of the molecule is CC(C)(C)CCC(=O)N1CCN(CC(=O)Nc2ccc(Cl)cc2C(=O)c2ccccc2Cl)CC1. The molecule has 0 aliphatic carbocycles. The molecule has 1 aliphatic heterocycles. The fourth-order valence-electron chi connectivity index (χ4n) is 3.79. The van der Waals surface area contributed by atoms with Crippen molar-refractivity contribution in [1.29, 1.82) is 0 Å². The van der Waals surface area contributed by atoms with E-state index >= 15 is 0 Å². The van der Waals surface area contributed by atoms with Crippen LogP contribution in [0.25, 0.3) is 0 Å². The number of ketones is 1. The van der Waals surface area contributed by atoms with Gasteiger partial charge < -0.3 is 10.2 Å². The fraction of sp³-hybridized carbons (Fsp3) is 0.423. The molecule has 0 unspecified atom stereocenters. The normalized spacial score (nSPS) is 14.7. The van der Waals surface area contributed by atoms with Crippen molar-refractivity contribution in [3.05, 3.63) is 63.6 Å². The van der Waals surface area contributed by atoms with Crippen LogP contribution < -0.4 is 5.32 Å². The smallest absolute Gasteiger partial charge is 0.238 e. The van der Waals surface area contributed by atoms with Gasteiger partial charge in [-0.15, -0.1) is 0 Å². The molecule has 2 amide bonds. The molecule has 2 aromatic carbocycles. The highest BCUT2D eigenvalue weighted by molar-refractivity contribution is 6.36. The van der Waals surface area contributed by atoms with E-state index in [9.17, 15) is 14.4 Å². The van der Waals surface area contributed by atoms with Crippen LogP contribution in [0.5, 0.6) is 0 Å². The minimum Gasteiger partial charge on any atom is -0.340 e. The number of nitrogens with zero attached hydrogens (tertiary/aromatic N) is 2. The molecule has 2 aromatic rings. The Balaban J connectivity index is 1.58. The van der Waals surface area contributed by atoms with Crippen molar-refractivity contribution >= 4 is 46.5 Å². The van der Waals surface area contributed by atoms with Crippen molar-refractivity contribution in [2.45, 2.75) is 33.6 Å². The Labute approximate surface area is 211 Å². The van der Waals surface area contributed by atoms with E-state index < -0.39 is 0 Å². The molecule has 1 saturated heterocycles. The molecule has 1 N–H and O–H groups in total. The summed E-state index contributed by atoms with van der Waals surface area (Å²) in [5.74, 6) is -0.378. The molecule has 0 saturated carbocycles. The van der Waals surface area contributed by atoms with Gasteiger partial charge >= 0.3 is 0 Å². The maximum Gasteiger partial charge on any atom is 0.238 e. The third-order valence-corrected chi connectivity index (χ3v) is 6.36. The number of hydrogen-bond donors (Lipinski definition) is 1. The molecule has 1 fully saturated rings. The Morgan fingerprint density at radius 2 is 1.62 bits per heavy atom. The van der Waals surface area contributed by atoms with Crippen molar-refractivity contribution in [1.82, 2.24) is 9.80 Å². The predicted octanol–water partition coefficient (Wildman–Crippen LogP) is 5.13. The van der Waals surface area contributed by atoms with Gasteiger partial charge in [-0.1, -0.05) is 56.1 Å². The van der Waals surface area contributed by atoms with E-state index in [2.05, 4.69) is 26.1 Å². The number of halogens is 2. The van der Waals surface area contributed by atoms with Crippen molar-refractivity contribution in [2.75, 3.05) is 38.0 Å². The molecule has 0 radical (unpaired) electrons. The number of anilines is 1. The average Bonchev–Trinajstić information content (AvgIpc) is 2.78. The summed E-state index contributed by atoms with van der Waals surface area (Å²) in [5.41, 5.74) is 1.14. The molecule has 0 aromatic heterocycles. The Morgan fingerprint density at radius 3 is 2.26 bits per heavy atom. The molecule has 0 spiro atoms. The summed E-state index contributed by atoms with van der Waals surface area (Å²) < 4.78 is 0. The molecule has 3 rings (SSSR count). The van der Waals surface area contributed by atoms with Crippen molar-refractivity contribution in [3.8, 4) is 0 Å². The topological polar surface area (TPSA) is 69.7 Å². The van der Waals surface area contributed by atoms with E-state index in [4.69, 9.17) is 23.2 Å². The second-order valence-electron chi connectivity index (χ2n) is 9.76. The van der Waals surface area contributed by atoms with Crippen LogP contribution in [-0.4, -0.2) is 60.1 Å². The van der Waals surface area contributed by atoms with Gasteiger partial charge in [0.1, 0.15) is 0 Å². The van der Waals surface area contributed by atoms with Gasteiger partial charge in [-0.3, -0.25) is 19.3 Å². The van der Waals surface area contributed by atoms with E-state index in [-0.39, 0.29) is 35.1 Å². The quantitative estimate of drug-likeness (QED) is 0.531. The number of carbonyl (C=O) groups is 3. The summed E-state index contributed by atoms with van der Waals surface area (Å²) in [6.07, 6.45) is 1.40. The summed E-state index contributed by atoms with van der Waals surface area (Å²) >= 11 is 12.3. The summed E-state index contributed by atoms with van der Waals surface area (Å²) in [5, 5.41) is 3.56. The molecular weight excluding hydrogens is 473 g/mol. The number of piperazine rings is 1. The van der Waals surface area contributed by atoms with Gasteiger partial charge in [-0.25, -0.2) is 0 Å². The highest BCUT2D eigenvalue weighted by Crippen LogP contribution is 2.27. The lowest BCUT2D eigenvalue weighted by molar-refractivity contribution is -0.133. The van der Waals surface area contributed by atoms with Crippen molar-refractivity contribution < 1.29 is 14.4 Å². The number of amides is 2. The average molecular weight is 504 g/mol. The van der Waals surface area contributed by atoms with E-state index in [1.165, 1.54) is 6.07 Å². The number of rotatable bonds is 7. The second-order valence-corrected chi connectivity index (χ2v) is 10.6.